The summed E-state index contributed by atoms with van der Waals surface area (Å²) in [6, 6.07) is 0. The second kappa shape index (κ2) is 4.55. The molecule has 110 valence electrons. The molecule has 4 fully saturated rings. The van der Waals surface area contributed by atoms with Crippen molar-refractivity contribution >= 4 is 0 Å². The molecule has 2 N–H and O–H groups in total. The maximum absolute atomic E-state index is 6.23. The van der Waals surface area contributed by atoms with Crippen LogP contribution in [0, 0.1) is 23.2 Å². The van der Waals surface area contributed by atoms with Crippen molar-refractivity contribution in [1.82, 2.24) is 14.8 Å². The summed E-state index contributed by atoms with van der Waals surface area (Å²) in [5, 5.41) is 4.38. The Balaban J connectivity index is 1.71. The molecule has 4 aliphatic rings. The van der Waals surface area contributed by atoms with E-state index in [1.807, 2.05) is 0 Å². The Hall–Kier alpha value is -0.900. The molecule has 5 rings (SSSR count). The summed E-state index contributed by atoms with van der Waals surface area (Å²) in [4.78, 5) is 4.59. The van der Waals surface area contributed by atoms with Gasteiger partial charge in [-0.15, -0.1) is 0 Å². The SMILES string of the molecule is CCn1ncnc1C(CN)C12CC3CC(CC(C3)C1)C2. The average Bonchev–Trinajstić information content (AvgIpc) is 2.85. The highest BCUT2D eigenvalue weighted by Crippen LogP contribution is 2.64. The van der Waals surface area contributed by atoms with Crippen molar-refractivity contribution in [2.75, 3.05) is 6.54 Å². The Bertz CT molecular complexity index is 457. The van der Waals surface area contributed by atoms with Crippen molar-refractivity contribution in [2.24, 2.45) is 28.9 Å². The Labute approximate surface area is 121 Å². The molecule has 1 unspecified atom stereocenters. The van der Waals surface area contributed by atoms with Crippen molar-refractivity contribution in [3.8, 4) is 0 Å². The van der Waals surface area contributed by atoms with Gasteiger partial charge in [0, 0.05) is 19.0 Å². The Kier molecular flexibility index (Phi) is 2.92. The Morgan fingerprint density at radius 2 is 1.85 bits per heavy atom. The zero-order valence-corrected chi connectivity index (χ0v) is 12.5. The second-order valence-corrected chi connectivity index (χ2v) is 7.50. The van der Waals surface area contributed by atoms with Gasteiger partial charge < -0.3 is 5.73 Å². The van der Waals surface area contributed by atoms with E-state index in [0.717, 1.165) is 36.7 Å². The van der Waals surface area contributed by atoms with Crippen molar-refractivity contribution < 1.29 is 0 Å². The molecule has 1 heterocycles. The van der Waals surface area contributed by atoms with E-state index in [4.69, 9.17) is 5.73 Å². The van der Waals surface area contributed by atoms with Gasteiger partial charge in [0.15, 0.2) is 0 Å². The fourth-order valence-corrected chi connectivity index (χ4v) is 6.02. The third-order valence-electron chi connectivity index (χ3n) is 6.32. The minimum Gasteiger partial charge on any atom is -0.330 e. The largest absolute Gasteiger partial charge is 0.330 e. The number of aromatic nitrogens is 3. The Morgan fingerprint density at radius 1 is 1.25 bits per heavy atom. The molecular formula is C16H26N4. The van der Waals surface area contributed by atoms with Crippen LogP contribution >= 0.6 is 0 Å². The third kappa shape index (κ3) is 1.77. The molecule has 1 atom stereocenters. The molecule has 20 heavy (non-hydrogen) atoms. The van der Waals surface area contributed by atoms with Gasteiger partial charge in [0.1, 0.15) is 12.2 Å². The van der Waals surface area contributed by atoms with Crippen molar-refractivity contribution in [3.05, 3.63) is 12.2 Å². The number of hydrogen-bond acceptors (Lipinski definition) is 3. The molecule has 0 amide bonds. The predicted molar refractivity (Wildman–Crippen MR) is 78.1 cm³/mol. The van der Waals surface area contributed by atoms with E-state index in [-0.39, 0.29) is 0 Å². The monoisotopic (exact) mass is 274 g/mol. The molecule has 4 bridgehead atoms. The molecule has 0 spiro atoms. The van der Waals surface area contributed by atoms with E-state index in [9.17, 15) is 0 Å². The summed E-state index contributed by atoms with van der Waals surface area (Å²) in [5.41, 5.74) is 6.66. The van der Waals surface area contributed by atoms with E-state index < -0.39 is 0 Å². The van der Waals surface area contributed by atoms with Crippen LogP contribution in [0.4, 0.5) is 0 Å². The van der Waals surface area contributed by atoms with Crippen LogP contribution in [0.25, 0.3) is 0 Å². The lowest BCUT2D eigenvalue weighted by Gasteiger charge is -2.59. The van der Waals surface area contributed by atoms with E-state index in [1.54, 1.807) is 6.33 Å². The van der Waals surface area contributed by atoms with Crippen molar-refractivity contribution in [2.45, 2.75) is 57.9 Å². The van der Waals surface area contributed by atoms with Crippen LogP contribution in [0.3, 0.4) is 0 Å². The number of nitrogens with zero attached hydrogens (tertiary/aromatic N) is 3. The fourth-order valence-electron chi connectivity index (χ4n) is 6.02. The highest BCUT2D eigenvalue weighted by molar-refractivity contribution is 5.13. The van der Waals surface area contributed by atoms with Crippen LogP contribution in [-0.4, -0.2) is 21.3 Å². The number of aryl methyl sites for hydroxylation is 1. The summed E-state index contributed by atoms with van der Waals surface area (Å²) < 4.78 is 2.07. The van der Waals surface area contributed by atoms with Crippen molar-refractivity contribution in [3.63, 3.8) is 0 Å². The normalized spacial score (nSPS) is 40.2. The van der Waals surface area contributed by atoms with E-state index >= 15 is 0 Å². The van der Waals surface area contributed by atoms with Gasteiger partial charge in [0.25, 0.3) is 0 Å². The lowest BCUT2D eigenvalue weighted by molar-refractivity contribution is -0.0691. The first-order valence-electron chi connectivity index (χ1n) is 8.32. The minimum atomic E-state index is 0.415. The van der Waals surface area contributed by atoms with Gasteiger partial charge in [-0.25, -0.2) is 4.98 Å². The lowest BCUT2D eigenvalue weighted by Crippen LogP contribution is -2.50. The van der Waals surface area contributed by atoms with Crippen LogP contribution in [0.15, 0.2) is 6.33 Å². The summed E-state index contributed by atoms with van der Waals surface area (Å²) in [5.74, 6) is 4.46. The summed E-state index contributed by atoms with van der Waals surface area (Å²) in [6.07, 6.45) is 10.3. The quantitative estimate of drug-likeness (QED) is 0.918. The third-order valence-corrected chi connectivity index (χ3v) is 6.32. The first kappa shape index (κ1) is 12.8. The molecule has 0 aromatic carbocycles. The summed E-state index contributed by atoms with van der Waals surface area (Å²) in [7, 11) is 0. The number of nitrogens with two attached hydrogens (primary N) is 1. The predicted octanol–water partition coefficient (Wildman–Crippen LogP) is 2.56. The van der Waals surface area contributed by atoms with Gasteiger partial charge in [-0.3, -0.25) is 4.68 Å². The number of rotatable bonds is 4. The molecule has 0 aliphatic heterocycles. The van der Waals surface area contributed by atoms with Crippen molar-refractivity contribution in [1.29, 1.82) is 0 Å². The topological polar surface area (TPSA) is 56.7 Å². The van der Waals surface area contributed by atoms with E-state index in [2.05, 4.69) is 21.7 Å². The maximum atomic E-state index is 6.23. The fraction of sp³-hybridized carbons (Fsp3) is 0.875. The zero-order chi connectivity index (χ0) is 13.7. The molecule has 4 aliphatic carbocycles. The van der Waals surface area contributed by atoms with E-state index in [1.165, 1.54) is 38.5 Å². The van der Waals surface area contributed by atoms with Gasteiger partial charge in [-0.2, -0.15) is 5.10 Å². The first-order valence-corrected chi connectivity index (χ1v) is 8.32. The van der Waals surface area contributed by atoms with Gasteiger partial charge in [-0.05, 0) is 68.6 Å². The van der Waals surface area contributed by atoms with Gasteiger partial charge in [-0.1, -0.05) is 0 Å². The summed E-state index contributed by atoms with van der Waals surface area (Å²) in [6.45, 7) is 3.77. The molecule has 1 aromatic rings. The average molecular weight is 274 g/mol. The molecule has 4 heteroatoms. The second-order valence-electron chi connectivity index (χ2n) is 7.50. The number of hydrogen-bond donors (Lipinski definition) is 1. The van der Waals surface area contributed by atoms with Crippen LogP contribution in [0.5, 0.6) is 0 Å². The lowest BCUT2D eigenvalue weighted by atomic mass is 9.46. The molecule has 1 aromatic heterocycles. The molecule has 4 nitrogen and oxygen atoms in total. The van der Waals surface area contributed by atoms with Crippen LogP contribution in [0.2, 0.25) is 0 Å². The van der Waals surface area contributed by atoms with Gasteiger partial charge >= 0.3 is 0 Å². The first-order chi connectivity index (χ1) is 9.74. The summed E-state index contributed by atoms with van der Waals surface area (Å²) >= 11 is 0. The molecular weight excluding hydrogens is 248 g/mol. The van der Waals surface area contributed by atoms with Crippen LogP contribution < -0.4 is 5.73 Å². The van der Waals surface area contributed by atoms with Gasteiger partial charge in [0.05, 0.1) is 0 Å². The van der Waals surface area contributed by atoms with Crippen LogP contribution in [0.1, 0.15) is 57.2 Å². The minimum absolute atomic E-state index is 0.415. The molecule has 0 radical (unpaired) electrons. The molecule has 4 saturated carbocycles. The smallest absolute Gasteiger partial charge is 0.138 e. The van der Waals surface area contributed by atoms with E-state index in [0.29, 0.717) is 11.3 Å². The van der Waals surface area contributed by atoms with Crippen LogP contribution in [-0.2, 0) is 6.54 Å². The molecule has 0 saturated heterocycles. The zero-order valence-electron chi connectivity index (χ0n) is 12.5. The highest BCUT2D eigenvalue weighted by Gasteiger charge is 2.54. The van der Waals surface area contributed by atoms with Gasteiger partial charge in [0.2, 0.25) is 0 Å². The standard InChI is InChI=1S/C16H26N4/c1-2-20-15(18-10-19-20)14(9-17)16-6-11-3-12(7-16)5-13(4-11)8-16/h10-14H,2-9,17H2,1H3. The Morgan fingerprint density at radius 3 is 2.35 bits per heavy atom. The maximum Gasteiger partial charge on any atom is 0.138 e. The highest BCUT2D eigenvalue weighted by atomic mass is 15.3.